The molecule has 9 heavy (non-hydrogen) atoms. The smallest absolute Gasteiger partial charge is 0.0246 e. The molecule has 2 heteroatoms. The summed E-state index contributed by atoms with van der Waals surface area (Å²) < 4.78 is 0. The van der Waals surface area contributed by atoms with Crippen molar-refractivity contribution >= 4 is 11.8 Å². The van der Waals surface area contributed by atoms with Crippen LogP contribution in [0.5, 0.6) is 0 Å². The molecule has 0 atom stereocenters. The molecule has 1 rings (SSSR count). The van der Waals surface area contributed by atoms with Crippen LogP contribution in [-0.2, 0) is 0 Å². The van der Waals surface area contributed by atoms with Crippen LogP contribution in [0.4, 0.5) is 0 Å². The lowest BCUT2D eigenvalue weighted by Crippen LogP contribution is -2.48. The molecular weight excluding hydrogens is 130 g/mol. The van der Waals surface area contributed by atoms with Crippen molar-refractivity contribution in [2.75, 3.05) is 11.5 Å². The van der Waals surface area contributed by atoms with E-state index in [2.05, 4.69) is 6.92 Å². The van der Waals surface area contributed by atoms with Crippen molar-refractivity contribution in [2.45, 2.75) is 31.7 Å². The maximum atomic E-state index is 5.97. The topological polar surface area (TPSA) is 26.0 Å². The van der Waals surface area contributed by atoms with Gasteiger partial charge in [-0.1, -0.05) is 6.92 Å². The maximum absolute atomic E-state index is 5.97. The third-order valence-electron chi connectivity index (χ3n) is 1.94. The first-order valence-corrected chi connectivity index (χ1v) is 4.79. The van der Waals surface area contributed by atoms with Crippen molar-refractivity contribution < 1.29 is 0 Å². The molecule has 0 aromatic heterocycles. The molecule has 1 aliphatic rings. The zero-order valence-corrected chi connectivity index (χ0v) is 6.84. The summed E-state index contributed by atoms with van der Waals surface area (Å²) in [6.07, 6.45) is 3.85. The lowest BCUT2D eigenvalue weighted by atomic mass is 9.79. The predicted octanol–water partition coefficient (Wildman–Crippen LogP) is 1.62. The summed E-state index contributed by atoms with van der Waals surface area (Å²) in [5, 5.41) is 0. The van der Waals surface area contributed by atoms with Gasteiger partial charge in [0, 0.05) is 11.3 Å². The fraction of sp³-hybridized carbons (Fsp3) is 1.00. The van der Waals surface area contributed by atoms with Crippen LogP contribution in [0.3, 0.4) is 0 Å². The Balaban J connectivity index is 2.09. The SMILES string of the molecule is CCSCC1(N)CCC1. The number of hydrogen-bond acceptors (Lipinski definition) is 2. The largest absolute Gasteiger partial charge is 0.324 e. The predicted molar refractivity (Wildman–Crippen MR) is 43.8 cm³/mol. The Hall–Kier alpha value is 0.310. The average Bonchev–Trinajstić information content (AvgIpc) is 1.79. The van der Waals surface area contributed by atoms with Gasteiger partial charge in [0.1, 0.15) is 0 Å². The van der Waals surface area contributed by atoms with E-state index in [-0.39, 0.29) is 5.54 Å². The number of nitrogens with two attached hydrogens (primary N) is 1. The minimum atomic E-state index is 0.237. The van der Waals surface area contributed by atoms with Crippen LogP contribution in [0.15, 0.2) is 0 Å². The monoisotopic (exact) mass is 145 g/mol. The van der Waals surface area contributed by atoms with Gasteiger partial charge in [0.25, 0.3) is 0 Å². The average molecular weight is 145 g/mol. The van der Waals surface area contributed by atoms with Crippen LogP contribution in [-0.4, -0.2) is 17.0 Å². The van der Waals surface area contributed by atoms with E-state index in [1.54, 1.807) is 0 Å². The molecule has 1 nitrogen and oxygen atoms in total. The van der Waals surface area contributed by atoms with Gasteiger partial charge in [-0.05, 0) is 25.0 Å². The van der Waals surface area contributed by atoms with Gasteiger partial charge in [0.05, 0.1) is 0 Å². The molecule has 0 amide bonds. The van der Waals surface area contributed by atoms with Crippen molar-refractivity contribution in [2.24, 2.45) is 5.73 Å². The quantitative estimate of drug-likeness (QED) is 0.653. The molecule has 0 saturated heterocycles. The van der Waals surface area contributed by atoms with Crippen LogP contribution in [0.2, 0.25) is 0 Å². The Labute approximate surface area is 61.4 Å². The second-order valence-electron chi connectivity index (χ2n) is 2.85. The summed E-state index contributed by atoms with van der Waals surface area (Å²) in [5.41, 5.74) is 6.20. The zero-order valence-electron chi connectivity index (χ0n) is 6.02. The van der Waals surface area contributed by atoms with E-state index in [1.807, 2.05) is 11.8 Å². The molecule has 0 radical (unpaired) electrons. The van der Waals surface area contributed by atoms with Crippen molar-refractivity contribution in [1.82, 2.24) is 0 Å². The van der Waals surface area contributed by atoms with Gasteiger partial charge >= 0.3 is 0 Å². The van der Waals surface area contributed by atoms with Crippen LogP contribution in [0, 0.1) is 0 Å². The van der Waals surface area contributed by atoms with Crippen LogP contribution < -0.4 is 5.73 Å². The Morgan fingerprint density at radius 2 is 2.22 bits per heavy atom. The highest BCUT2D eigenvalue weighted by atomic mass is 32.2. The Kier molecular flexibility index (Phi) is 2.42. The summed E-state index contributed by atoms with van der Waals surface area (Å²) in [4.78, 5) is 0. The zero-order chi connectivity index (χ0) is 6.74. The third kappa shape index (κ3) is 1.87. The Morgan fingerprint density at radius 3 is 2.56 bits per heavy atom. The van der Waals surface area contributed by atoms with Gasteiger partial charge in [-0.15, -0.1) is 0 Å². The van der Waals surface area contributed by atoms with Crippen molar-refractivity contribution in [3.05, 3.63) is 0 Å². The van der Waals surface area contributed by atoms with E-state index in [1.165, 1.54) is 30.8 Å². The highest BCUT2D eigenvalue weighted by Crippen LogP contribution is 2.31. The van der Waals surface area contributed by atoms with Crippen molar-refractivity contribution in [3.63, 3.8) is 0 Å². The van der Waals surface area contributed by atoms with Crippen molar-refractivity contribution in [1.29, 1.82) is 0 Å². The summed E-state index contributed by atoms with van der Waals surface area (Å²) >= 11 is 1.97. The lowest BCUT2D eigenvalue weighted by Gasteiger charge is -2.37. The molecule has 0 aromatic carbocycles. The Morgan fingerprint density at radius 1 is 1.56 bits per heavy atom. The molecule has 1 saturated carbocycles. The first kappa shape index (κ1) is 7.42. The fourth-order valence-corrected chi connectivity index (χ4v) is 1.98. The summed E-state index contributed by atoms with van der Waals surface area (Å²) in [6.45, 7) is 2.19. The van der Waals surface area contributed by atoms with Gasteiger partial charge < -0.3 is 5.73 Å². The van der Waals surface area contributed by atoms with Gasteiger partial charge in [-0.25, -0.2) is 0 Å². The summed E-state index contributed by atoms with van der Waals surface area (Å²) in [6, 6.07) is 0. The second kappa shape index (κ2) is 2.93. The standard InChI is InChI=1S/C7H15NS/c1-2-9-6-7(8)4-3-5-7/h2-6,8H2,1H3. The summed E-state index contributed by atoms with van der Waals surface area (Å²) in [5.74, 6) is 2.38. The van der Waals surface area contributed by atoms with Crippen molar-refractivity contribution in [3.8, 4) is 0 Å². The molecule has 0 bridgehead atoms. The fourth-order valence-electron chi connectivity index (χ4n) is 1.08. The van der Waals surface area contributed by atoms with E-state index in [9.17, 15) is 0 Å². The number of thioether (sulfide) groups is 1. The molecule has 1 aliphatic carbocycles. The first-order chi connectivity index (χ1) is 4.27. The van der Waals surface area contributed by atoms with Crippen LogP contribution in [0.1, 0.15) is 26.2 Å². The Bertz CT molecular complexity index is 88.9. The van der Waals surface area contributed by atoms with E-state index >= 15 is 0 Å². The minimum absolute atomic E-state index is 0.237. The molecule has 2 N–H and O–H groups in total. The van der Waals surface area contributed by atoms with Gasteiger partial charge in [0.15, 0.2) is 0 Å². The van der Waals surface area contributed by atoms with E-state index < -0.39 is 0 Å². The van der Waals surface area contributed by atoms with E-state index in [0.29, 0.717) is 0 Å². The molecule has 0 heterocycles. The van der Waals surface area contributed by atoms with E-state index in [4.69, 9.17) is 5.73 Å². The maximum Gasteiger partial charge on any atom is 0.0246 e. The minimum Gasteiger partial charge on any atom is -0.324 e. The first-order valence-electron chi connectivity index (χ1n) is 3.63. The third-order valence-corrected chi connectivity index (χ3v) is 3.13. The molecule has 0 aromatic rings. The highest BCUT2D eigenvalue weighted by molar-refractivity contribution is 7.99. The van der Waals surface area contributed by atoms with Crippen LogP contribution in [0.25, 0.3) is 0 Å². The summed E-state index contributed by atoms with van der Waals surface area (Å²) in [7, 11) is 0. The number of hydrogen-bond donors (Lipinski definition) is 1. The molecule has 1 fully saturated rings. The molecule has 0 unspecified atom stereocenters. The normalized spacial score (nSPS) is 23.3. The molecule has 0 spiro atoms. The van der Waals surface area contributed by atoms with Gasteiger partial charge in [-0.2, -0.15) is 11.8 Å². The number of rotatable bonds is 3. The van der Waals surface area contributed by atoms with E-state index in [0.717, 1.165) is 0 Å². The molecular formula is C7H15NS. The second-order valence-corrected chi connectivity index (χ2v) is 4.13. The van der Waals surface area contributed by atoms with Crippen LogP contribution >= 0.6 is 11.8 Å². The lowest BCUT2D eigenvalue weighted by molar-refractivity contribution is 0.283. The molecule has 0 aliphatic heterocycles. The molecule has 54 valence electrons. The highest BCUT2D eigenvalue weighted by Gasteiger charge is 2.31. The van der Waals surface area contributed by atoms with Gasteiger partial charge in [0.2, 0.25) is 0 Å². The van der Waals surface area contributed by atoms with Gasteiger partial charge in [-0.3, -0.25) is 0 Å².